The van der Waals surface area contributed by atoms with Gasteiger partial charge in [-0.1, -0.05) is 83.3 Å². The van der Waals surface area contributed by atoms with Crippen LogP contribution in [0.5, 0.6) is 0 Å². The van der Waals surface area contributed by atoms with Gasteiger partial charge < -0.3 is 11.1 Å². The van der Waals surface area contributed by atoms with Gasteiger partial charge in [-0.25, -0.2) is 0 Å². The van der Waals surface area contributed by atoms with Gasteiger partial charge in [-0.15, -0.1) is 0 Å². The summed E-state index contributed by atoms with van der Waals surface area (Å²) in [6.07, 6.45) is 26.7. The molecule has 1 amide bonds. The van der Waals surface area contributed by atoms with E-state index in [2.05, 4.69) is 24.4 Å². The maximum Gasteiger partial charge on any atom is 0.220 e. The molecule has 0 spiro atoms. The van der Waals surface area contributed by atoms with Crippen molar-refractivity contribution >= 4 is 5.91 Å². The first-order valence-corrected chi connectivity index (χ1v) is 11.9. The third kappa shape index (κ3) is 13.9. The van der Waals surface area contributed by atoms with Crippen LogP contribution in [-0.4, -0.2) is 18.0 Å². The highest BCUT2D eigenvalue weighted by atomic mass is 16.1. The number of carbonyl (C=O) groups is 1. The molecule has 1 fully saturated rings. The highest BCUT2D eigenvalue weighted by Crippen LogP contribution is 2.17. The van der Waals surface area contributed by atoms with Crippen molar-refractivity contribution < 1.29 is 4.79 Å². The Hall–Kier alpha value is -0.830. The minimum Gasteiger partial charge on any atom is -0.352 e. The number of unbranched alkanes of at least 4 members (excludes halogenated alkanes) is 11. The van der Waals surface area contributed by atoms with Crippen molar-refractivity contribution in [3.05, 3.63) is 12.2 Å². The second-order valence-corrected chi connectivity index (χ2v) is 8.46. The molecule has 1 rings (SSSR count). The van der Waals surface area contributed by atoms with E-state index in [1.807, 2.05) is 0 Å². The fourth-order valence-electron chi connectivity index (χ4n) is 3.97. The molecule has 0 aliphatic heterocycles. The average Bonchev–Trinajstić information content (AvgIpc) is 2.66. The van der Waals surface area contributed by atoms with E-state index < -0.39 is 0 Å². The van der Waals surface area contributed by atoms with Crippen LogP contribution in [0.25, 0.3) is 0 Å². The Morgan fingerprint density at radius 2 is 1.41 bits per heavy atom. The van der Waals surface area contributed by atoms with Gasteiger partial charge in [0.25, 0.3) is 0 Å². The third-order valence-electron chi connectivity index (χ3n) is 5.83. The minimum atomic E-state index is 0.164. The van der Waals surface area contributed by atoms with E-state index in [-0.39, 0.29) is 18.0 Å². The van der Waals surface area contributed by atoms with Gasteiger partial charge in [-0.05, 0) is 44.9 Å². The number of hydrogen-bond donors (Lipinski definition) is 2. The van der Waals surface area contributed by atoms with Gasteiger partial charge in [0, 0.05) is 18.5 Å². The van der Waals surface area contributed by atoms with Gasteiger partial charge >= 0.3 is 0 Å². The first-order valence-electron chi connectivity index (χ1n) is 11.9. The molecule has 3 nitrogen and oxygen atoms in total. The Labute approximate surface area is 168 Å². The van der Waals surface area contributed by atoms with Crippen LogP contribution in [0.1, 0.15) is 122 Å². The number of nitrogens with one attached hydrogen (secondary N) is 1. The van der Waals surface area contributed by atoms with E-state index in [0.717, 1.165) is 19.3 Å². The maximum atomic E-state index is 12.0. The van der Waals surface area contributed by atoms with Crippen LogP contribution in [0.15, 0.2) is 12.2 Å². The van der Waals surface area contributed by atoms with Crippen molar-refractivity contribution in [2.75, 3.05) is 0 Å². The summed E-state index contributed by atoms with van der Waals surface area (Å²) in [5.41, 5.74) is 6.09. The molecular weight excluding hydrogens is 332 g/mol. The van der Waals surface area contributed by atoms with Gasteiger partial charge in [0.1, 0.15) is 0 Å². The Bertz CT molecular complexity index is 381. The summed E-state index contributed by atoms with van der Waals surface area (Å²) >= 11 is 0. The molecule has 0 aromatic rings. The Balaban J connectivity index is 1.83. The van der Waals surface area contributed by atoms with Crippen molar-refractivity contribution in [1.82, 2.24) is 5.32 Å². The van der Waals surface area contributed by atoms with Crippen LogP contribution in [0.4, 0.5) is 0 Å². The summed E-state index contributed by atoms with van der Waals surface area (Å²) in [5.74, 6) is 0.204. The number of rotatable bonds is 16. The lowest BCUT2D eigenvalue weighted by molar-refractivity contribution is -0.122. The second kappa shape index (κ2) is 17.3. The van der Waals surface area contributed by atoms with E-state index in [4.69, 9.17) is 5.73 Å². The molecule has 0 aromatic heterocycles. The largest absolute Gasteiger partial charge is 0.352 e. The molecule has 2 unspecified atom stereocenters. The van der Waals surface area contributed by atoms with Crippen molar-refractivity contribution in [2.24, 2.45) is 5.73 Å². The van der Waals surface area contributed by atoms with E-state index >= 15 is 0 Å². The van der Waals surface area contributed by atoms with Crippen LogP contribution in [0.2, 0.25) is 0 Å². The molecular formula is C24H46N2O. The first-order chi connectivity index (χ1) is 13.2. The molecule has 0 bridgehead atoms. The monoisotopic (exact) mass is 378 g/mol. The fraction of sp³-hybridized carbons (Fsp3) is 0.875. The molecule has 158 valence electrons. The van der Waals surface area contributed by atoms with Crippen molar-refractivity contribution in [1.29, 1.82) is 0 Å². The highest BCUT2D eigenvalue weighted by molar-refractivity contribution is 5.76. The second-order valence-electron chi connectivity index (χ2n) is 8.46. The minimum absolute atomic E-state index is 0.164. The van der Waals surface area contributed by atoms with Crippen LogP contribution in [0, 0.1) is 0 Å². The van der Waals surface area contributed by atoms with Crippen LogP contribution in [0.3, 0.4) is 0 Å². The Kier molecular flexibility index (Phi) is 15.5. The molecule has 2 atom stereocenters. The lowest BCUT2D eigenvalue weighted by atomic mass is 9.91. The normalized spacial score (nSPS) is 20.2. The number of allylic oxidation sites excluding steroid dienone is 2. The summed E-state index contributed by atoms with van der Waals surface area (Å²) in [5, 5.41) is 3.15. The van der Waals surface area contributed by atoms with Crippen molar-refractivity contribution in [2.45, 2.75) is 135 Å². The van der Waals surface area contributed by atoms with Crippen LogP contribution in [-0.2, 0) is 4.79 Å². The molecule has 1 aliphatic rings. The lowest BCUT2D eigenvalue weighted by Crippen LogP contribution is -2.49. The Morgan fingerprint density at radius 1 is 0.852 bits per heavy atom. The average molecular weight is 379 g/mol. The zero-order valence-corrected chi connectivity index (χ0v) is 18.0. The lowest BCUT2D eigenvalue weighted by Gasteiger charge is -2.29. The fourth-order valence-corrected chi connectivity index (χ4v) is 3.97. The molecule has 1 saturated carbocycles. The maximum absolute atomic E-state index is 12.0. The number of carbonyl (C=O) groups excluding carboxylic acids is 1. The van der Waals surface area contributed by atoms with Crippen LogP contribution >= 0.6 is 0 Å². The molecule has 0 heterocycles. The third-order valence-corrected chi connectivity index (χ3v) is 5.83. The van der Waals surface area contributed by atoms with Gasteiger partial charge in [0.2, 0.25) is 5.91 Å². The van der Waals surface area contributed by atoms with E-state index in [1.54, 1.807) is 0 Å². The summed E-state index contributed by atoms with van der Waals surface area (Å²) in [6, 6.07) is 0.381. The van der Waals surface area contributed by atoms with Gasteiger partial charge in [0.15, 0.2) is 0 Å². The quantitative estimate of drug-likeness (QED) is 0.241. The Morgan fingerprint density at radius 3 is 2.04 bits per heavy atom. The molecule has 1 aliphatic carbocycles. The predicted octanol–water partition coefficient (Wildman–Crippen LogP) is 6.41. The van der Waals surface area contributed by atoms with Crippen LogP contribution < -0.4 is 11.1 Å². The van der Waals surface area contributed by atoms with Crippen molar-refractivity contribution in [3.63, 3.8) is 0 Å². The summed E-state index contributed by atoms with van der Waals surface area (Å²) < 4.78 is 0. The molecule has 0 aromatic carbocycles. The summed E-state index contributed by atoms with van der Waals surface area (Å²) in [7, 11) is 0. The molecule has 27 heavy (non-hydrogen) atoms. The van der Waals surface area contributed by atoms with Crippen molar-refractivity contribution in [3.8, 4) is 0 Å². The molecule has 3 N–H and O–H groups in total. The van der Waals surface area contributed by atoms with E-state index in [9.17, 15) is 4.79 Å². The van der Waals surface area contributed by atoms with E-state index in [1.165, 1.54) is 89.9 Å². The summed E-state index contributed by atoms with van der Waals surface area (Å²) in [6.45, 7) is 2.27. The van der Waals surface area contributed by atoms with Gasteiger partial charge in [0.05, 0.1) is 0 Å². The number of nitrogens with two attached hydrogens (primary N) is 1. The highest BCUT2D eigenvalue weighted by Gasteiger charge is 2.22. The molecule has 0 saturated heterocycles. The smallest absolute Gasteiger partial charge is 0.220 e. The van der Waals surface area contributed by atoms with Gasteiger partial charge in [-0.3, -0.25) is 4.79 Å². The predicted molar refractivity (Wildman–Crippen MR) is 118 cm³/mol. The standard InChI is InChI=1S/C24H46N2O/c1-2-3-4-5-6-7-8-9-10-11-12-13-14-15-16-21-24(27)26-23-20-18-17-19-22(23)25/h9-10,22-23H,2-8,11-21,25H2,1H3,(H,26,27). The zero-order chi connectivity index (χ0) is 19.6. The first kappa shape index (κ1) is 24.2. The van der Waals surface area contributed by atoms with E-state index in [0.29, 0.717) is 6.42 Å². The SMILES string of the molecule is CCCCCCCCC=CCCCCCCCC(=O)NC1CCCCC1N. The topological polar surface area (TPSA) is 55.1 Å². The number of amides is 1. The van der Waals surface area contributed by atoms with Gasteiger partial charge in [-0.2, -0.15) is 0 Å². The molecule has 0 radical (unpaired) electrons. The zero-order valence-electron chi connectivity index (χ0n) is 18.0. The number of hydrogen-bond acceptors (Lipinski definition) is 2. The molecule has 3 heteroatoms. The summed E-state index contributed by atoms with van der Waals surface area (Å²) in [4.78, 5) is 12.0.